The Morgan fingerprint density at radius 1 is 1.32 bits per heavy atom. The molecule has 1 aromatic rings. The van der Waals surface area contributed by atoms with Gasteiger partial charge < -0.3 is 20.1 Å². The first kappa shape index (κ1) is 21.1. The Hall–Kier alpha value is -3.11. The molecule has 3 N–H and O–H groups in total. The highest BCUT2D eigenvalue weighted by atomic mass is 32.2. The Morgan fingerprint density at radius 3 is 2.77 bits per heavy atom. The first-order chi connectivity index (χ1) is 15.0. The molecule has 0 radical (unpaired) electrons. The maximum Gasteiger partial charge on any atom is 0.243 e. The molecule has 0 bridgehead atoms. The molecule has 0 aliphatic carbocycles. The summed E-state index contributed by atoms with van der Waals surface area (Å²) in [7, 11) is -0.696. The molecule has 11 nitrogen and oxygen atoms in total. The van der Waals surface area contributed by atoms with Crippen molar-refractivity contribution in [3.05, 3.63) is 41.2 Å². The smallest absolute Gasteiger partial charge is 0.243 e. The van der Waals surface area contributed by atoms with E-state index in [-0.39, 0.29) is 4.90 Å². The lowest BCUT2D eigenvalue weighted by molar-refractivity contribution is 0.0730. The van der Waals surface area contributed by atoms with Gasteiger partial charge in [0.1, 0.15) is 29.5 Å². The second-order valence-corrected chi connectivity index (χ2v) is 8.76. The van der Waals surface area contributed by atoms with Crippen molar-refractivity contribution in [2.75, 3.05) is 45.8 Å². The lowest BCUT2D eigenvalue weighted by Gasteiger charge is -2.31. The van der Waals surface area contributed by atoms with Gasteiger partial charge in [-0.25, -0.2) is 13.4 Å². The number of methoxy groups -OCH3 is 1. The van der Waals surface area contributed by atoms with Crippen LogP contribution < -0.4 is 20.9 Å². The summed E-state index contributed by atoms with van der Waals surface area (Å²) in [6.45, 7) is 1.38. The number of anilines is 1. The van der Waals surface area contributed by atoms with Crippen molar-refractivity contribution in [3.8, 4) is 11.8 Å². The second-order valence-electron chi connectivity index (χ2n) is 6.82. The zero-order valence-corrected chi connectivity index (χ0v) is 17.8. The van der Waals surface area contributed by atoms with Crippen molar-refractivity contribution in [3.63, 3.8) is 0 Å². The molecule has 0 saturated carbocycles. The number of allylic oxidation sites excluding steroid dienone is 1. The Morgan fingerprint density at radius 2 is 2.10 bits per heavy atom. The second kappa shape index (κ2) is 8.56. The summed E-state index contributed by atoms with van der Waals surface area (Å²) in [5.74, 6) is 0.923. The van der Waals surface area contributed by atoms with E-state index in [1.165, 1.54) is 30.7 Å². The predicted octanol–water partition coefficient (Wildman–Crippen LogP) is 0.282. The monoisotopic (exact) mass is 446 g/mol. The first-order valence-electron chi connectivity index (χ1n) is 9.51. The van der Waals surface area contributed by atoms with Gasteiger partial charge >= 0.3 is 0 Å². The summed E-state index contributed by atoms with van der Waals surface area (Å²) in [5, 5.41) is 15.3. The molecular weight excluding hydrogens is 424 g/mol. The summed E-state index contributed by atoms with van der Waals surface area (Å²) in [6.07, 6.45) is 1.26. The molecule has 1 saturated heterocycles. The van der Waals surface area contributed by atoms with Crippen molar-refractivity contribution in [1.82, 2.24) is 15.1 Å². The highest BCUT2D eigenvalue weighted by Crippen LogP contribution is 2.32. The SMILES string of the molecule is CONC1=CC(Nc2ccc(S(=O)(=O)N3CCOCC3)cc2OC)N=C2NC(C#N)=C12. The number of aliphatic imine (C=N–C) groups is 1. The molecule has 1 atom stereocenters. The summed E-state index contributed by atoms with van der Waals surface area (Å²) < 4.78 is 37.9. The van der Waals surface area contributed by atoms with Crippen LogP contribution in [0.25, 0.3) is 0 Å². The average molecular weight is 446 g/mol. The highest BCUT2D eigenvalue weighted by Gasteiger charge is 2.33. The molecule has 0 aromatic heterocycles. The molecule has 0 amide bonds. The number of hydroxylamine groups is 1. The van der Waals surface area contributed by atoms with Crippen LogP contribution in [0.5, 0.6) is 5.75 Å². The van der Waals surface area contributed by atoms with Crippen LogP contribution in [0.2, 0.25) is 0 Å². The van der Waals surface area contributed by atoms with Gasteiger partial charge in [0.2, 0.25) is 10.0 Å². The van der Waals surface area contributed by atoms with Gasteiger partial charge in [-0.05, 0) is 18.2 Å². The molecule has 3 aliphatic rings. The van der Waals surface area contributed by atoms with Crippen LogP contribution >= 0.6 is 0 Å². The van der Waals surface area contributed by atoms with Crippen LogP contribution in [-0.2, 0) is 19.6 Å². The minimum atomic E-state index is -3.64. The van der Waals surface area contributed by atoms with E-state index < -0.39 is 16.2 Å². The molecule has 1 unspecified atom stereocenters. The fourth-order valence-corrected chi connectivity index (χ4v) is 4.90. The Bertz CT molecular complexity index is 1120. The number of morpholine rings is 1. The minimum absolute atomic E-state index is 0.147. The number of benzene rings is 1. The van der Waals surface area contributed by atoms with Crippen molar-refractivity contribution in [2.45, 2.75) is 11.1 Å². The molecule has 1 fully saturated rings. The maximum atomic E-state index is 12.9. The predicted molar refractivity (Wildman–Crippen MR) is 111 cm³/mol. The van der Waals surface area contributed by atoms with Gasteiger partial charge in [-0.1, -0.05) is 0 Å². The lowest BCUT2D eigenvalue weighted by atomic mass is 9.99. The number of nitriles is 1. The Balaban J connectivity index is 1.58. The van der Waals surface area contributed by atoms with E-state index in [2.05, 4.69) is 27.2 Å². The summed E-state index contributed by atoms with van der Waals surface area (Å²) in [4.78, 5) is 9.66. The van der Waals surface area contributed by atoms with E-state index in [9.17, 15) is 8.42 Å². The molecule has 3 heterocycles. The average Bonchev–Trinajstić information content (AvgIpc) is 2.76. The standard InChI is InChI=1S/C19H22N6O5S/c1-28-16-9-12(31(26,27)25-5-7-30-8-6-25)3-4-13(16)21-17-10-14(24-29-2)18-15(11-20)22-19(18)23-17/h3-4,9-10,17,21,24H,5-8H2,1-2H3,(H,22,23). The number of fused-ring (bicyclic) bond motifs is 1. The number of hydrogen-bond donors (Lipinski definition) is 3. The lowest BCUT2D eigenvalue weighted by Crippen LogP contribution is -2.44. The first-order valence-corrected chi connectivity index (χ1v) is 10.9. The summed E-state index contributed by atoms with van der Waals surface area (Å²) in [5.41, 5.74) is 4.98. The zero-order chi connectivity index (χ0) is 22.0. The summed E-state index contributed by atoms with van der Waals surface area (Å²) in [6, 6.07) is 6.72. The minimum Gasteiger partial charge on any atom is -0.495 e. The van der Waals surface area contributed by atoms with Gasteiger partial charge in [0.15, 0.2) is 0 Å². The van der Waals surface area contributed by atoms with Gasteiger partial charge in [-0.15, -0.1) is 0 Å². The number of sulfonamides is 1. The third kappa shape index (κ3) is 3.96. The number of hydrogen-bond acceptors (Lipinski definition) is 10. The highest BCUT2D eigenvalue weighted by molar-refractivity contribution is 7.89. The molecule has 3 aliphatic heterocycles. The van der Waals surface area contributed by atoms with E-state index in [4.69, 9.17) is 19.6 Å². The van der Waals surface area contributed by atoms with Crippen LogP contribution in [0.1, 0.15) is 0 Å². The fraction of sp³-hybridized carbons (Fsp3) is 0.368. The third-order valence-electron chi connectivity index (χ3n) is 5.00. The Kier molecular flexibility index (Phi) is 5.84. The van der Waals surface area contributed by atoms with E-state index in [1.54, 1.807) is 12.1 Å². The van der Waals surface area contributed by atoms with Gasteiger partial charge in [-0.2, -0.15) is 9.57 Å². The van der Waals surface area contributed by atoms with Crippen LogP contribution in [-0.4, -0.2) is 65.2 Å². The van der Waals surface area contributed by atoms with Crippen LogP contribution in [0.4, 0.5) is 5.69 Å². The number of nitrogens with zero attached hydrogens (tertiary/aromatic N) is 3. The van der Waals surface area contributed by atoms with Gasteiger partial charge in [0.25, 0.3) is 0 Å². The maximum absolute atomic E-state index is 12.9. The molecule has 0 spiro atoms. The molecule has 1 aromatic carbocycles. The molecular formula is C19H22N6O5S. The third-order valence-corrected chi connectivity index (χ3v) is 6.89. The van der Waals surface area contributed by atoms with Crippen LogP contribution in [0.15, 0.2) is 51.1 Å². The number of dihydropyridines is 1. The fourth-order valence-electron chi connectivity index (χ4n) is 3.48. The number of amidine groups is 1. The van der Waals surface area contributed by atoms with Gasteiger partial charge in [0.05, 0.1) is 49.3 Å². The summed E-state index contributed by atoms with van der Waals surface area (Å²) >= 11 is 0. The molecule has 12 heteroatoms. The Labute approximate surface area is 180 Å². The van der Waals surface area contributed by atoms with Crippen molar-refractivity contribution in [1.29, 1.82) is 5.26 Å². The number of ether oxygens (including phenoxy) is 2. The quantitative estimate of drug-likeness (QED) is 0.504. The molecule has 164 valence electrons. The molecule has 31 heavy (non-hydrogen) atoms. The molecule has 4 rings (SSSR count). The number of rotatable bonds is 7. The number of nitrogens with one attached hydrogen (secondary N) is 3. The van der Waals surface area contributed by atoms with Crippen LogP contribution in [0.3, 0.4) is 0 Å². The van der Waals surface area contributed by atoms with Gasteiger partial charge in [0, 0.05) is 19.2 Å². The topological polar surface area (TPSA) is 137 Å². The van der Waals surface area contributed by atoms with Crippen molar-refractivity contribution in [2.24, 2.45) is 4.99 Å². The van der Waals surface area contributed by atoms with E-state index in [0.717, 1.165) is 0 Å². The van der Waals surface area contributed by atoms with E-state index >= 15 is 0 Å². The van der Waals surface area contributed by atoms with E-state index in [1.807, 2.05) is 0 Å². The largest absolute Gasteiger partial charge is 0.495 e. The van der Waals surface area contributed by atoms with Crippen LogP contribution in [0, 0.1) is 11.3 Å². The van der Waals surface area contributed by atoms with Gasteiger partial charge in [-0.3, -0.25) is 10.3 Å². The van der Waals surface area contributed by atoms with Crippen molar-refractivity contribution < 1.29 is 22.7 Å². The zero-order valence-electron chi connectivity index (χ0n) is 17.0. The van der Waals surface area contributed by atoms with Crippen molar-refractivity contribution >= 4 is 21.5 Å². The van der Waals surface area contributed by atoms with E-state index in [0.29, 0.717) is 60.5 Å². The normalized spacial score (nSPS) is 21.0.